The third kappa shape index (κ3) is 2.74. The molecule has 2 aliphatic carbocycles. The summed E-state index contributed by atoms with van der Waals surface area (Å²) in [6, 6.07) is 0. The second kappa shape index (κ2) is 5.98. The first-order valence-electron chi connectivity index (χ1n) is 9.83. The van der Waals surface area contributed by atoms with E-state index >= 15 is 0 Å². The number of allylic oxidation sites excluding steroid dienone is 1. The van der Waals surface area contributed by atoms with Crippen LogP contribution in [-0.2, 0) is 20.7 Å². The molecular formula is C22H30O4. The number of epoxide rings is 1. The molecule has 3 aliphatic rings. The average Bonchev–Trinajstić information content (AvgIpc) is 3.09. The van der Waals surface area contributed by atoms with Gasteiger partial charge in [-0.05, 0) is 58.1 Å². The molecule has 4 heteroatoms. The summed E-state index contributed by atoms with van der Waals surface area (Å²) >= 11 is 0. The maximum Gasteiger partial charge on any atom is 0.302 e. The molecule has 0 unspecified atom stereocenters. The van der Waals surface area contributed by atoms with Gasteiger partial charge in [-0.15, -0.1) is 0 Å². The summed E-state index contributed by atoms with van der Waals surface area (Å²) in [5.41, 5.74) is 3.61. The van der Waals surface area contributed by atoms with Crippen LogP contribution in [0.1, 0.15) is 70.3 Å². The number of furan rings is 1. The lowest BCUT2D eigenvalue weighted by Gasteiger charge is -2.48. The first-order chi connectivity index (χ1) is 12.2. The fourth-order valence-electron chi connectivity index (χ4n) is 5.48. The van der Waals surface area contributed by atoms with Gasteiger partial charge >= 0.3 is 5.97 Å². The number of carbonyl (C=O) groups is 1. The van der Waals surface area contributed by atoms with Crippen molar-refractivity contribution in [3.63, 3.8) is 0 Å². The predicted octanol–water partition coefficient (Wildman–Crippen LogP) is 4.83. The van der Waals surface area contributed by atoms with Gasteiger partial charge in [0.15, 0.2) is 0 Å². The van der Waals surface area contributed by atoms with Crippen molar-refractivity contribution in [3.8, 4) is 0 Å². The molecule has 0 N–H and O–H groups in total. The zero-order valence-corrected chi connectivity index (χ0v) is 16.6. The molecule has 1 aromatic rings. The Hall–Kier alpha value is -1.55. The molecule has 1 saturated heterocycles. The summed E-state index contributed by atoms with van der Waals surface area (Å²) < 4.78 is 17.9. The minimum Gasteiger partial charge on any atom is -0.464 e. The smallest absolute Gasteiger partial charge is 0.302 e. The van der Waals surface area contributed by atoms with E-state index in [2.05, 4.69) is 33.8 Å². The molecular weight excluding hydrogens is 328 g/mol. The number of ether oxygens (including phenoxy) is 2. The van der Waals surface area contributed by atoms with Crippen LogP contribution in [0.4, 0.5) is 0 Å². The fraction of sp³-hybridized carbons (Fsp3) is 0.682. The van der Waals surface area contributed by atoms with E-state index in [9.17, 15) is 4.79 Å². The summed E-state index contributed by atoms with van der Waals surface area (Å²) in [5, 5.41) is 0. The Morgan fingerprint density at radius 1 is 1.31 bits per heavy atom. The zero-order valence-electron chi connectivity index (χ0n) is 16.6. The number of carbonyl (C=O) groups excluding carboxylic acids is 1. The van der Waals surface area contributed by atoms with Crippen molar-refractivity contribution < 1.29 is 18.7 Å². The van der Waals surface area contributed by atoms with E-state index in [-0.39, 0.29) is 29.2 Å². The molecule has 26 heavy (non-hydrogen) atoms. The number of fused-ring (bicyclic) bond motifs is 4. The number of aryl methyl sites for hydroxylation is 1. The van der Waals surface area contributed by atoms with Gasteiger partial charge in [0.2, 0.25) is 0 Å². The number of hydrogen-bond acceptors (Lipinski definition) is 4. The highest BCUT2D eigenvalue weighted by Crippen LogP contribution is 2.61. The van der Waals surface area contributed by atoms with E-state index in [1.807, 2.05) is 6.26 Å². The third-order valence-corrected chi connectivity index (χ3v) is 7.15. The molecule has 5 atom stereocenters. The van der Waals surface area contributed by atoms with Crippen molar-refractivity contribution in [2.24, 2.45) is 11.3 Å². The van der Waals surface area contributed by atoms with Gasteiger partial charge in [-0.2, -0.15) is 0 Å². The number of esters is 1. The summed E-state index contributed by atoms with van der Waals surface area (Å²) in [6.45, 7) is 10.4. The van der Waals surface area contributed by atoms with Crippen LogP contribution in [0.2, 0.25) is 0 Å². The Labute approximate surface area is 155 Å². The maximum absolute atomic E-state index is 11.8. The van der Waals surface area contributed by atoms with E-state index in [1.54, 1.807) is 0 Å². The molecule has 0 radical (unpaired) electrons. The van der Waals surface area contributed by atoms with E-state index in [0.29, 0.717) is 5.92 Å². The highest BCUT2D eigenvalue weighted by molar-refractivity contribution is 5.66. The Morgan fingerprint density at radius 3 is 2.81 bits per heavy atom. The van der Waals surface area contributed by atoms with Crippen LogP contribution in [0.25, 0.3) is 6.08 Å². The minimum absolute atomic E-state index is 0.0788. The van der Waals surface area contributed by atoms with Crippen LogP contribution < -0.4 is 0 Å². The molecule has 0 amide bonds. The van der Waals surface area contributed by atoms with E-state index in [0.717, 1.165) is 37.9 Å². The molecule has 2 heterocycles. The zero-order chi connectivity index (χ0) is 18.7. The topological polar surface area (TPSA) is 52.0 Å². The SMILES string of the molecule is CC(=O)O[C@H]1C[C@@H]2O[C@]2(C)[C@@H]2Cc3c(C)coc3/C=C(/C)CCC[C@@]12C. The third-order valence-electron chi connectivity index (χ3n) is 7.15. The molecule has 0 bridgehead atoms. The van der Waals surface area contributed by atoms with Gasteiger partial charge in [-0.3, -0.25) is 4.79 Å². The normalized spacial score (nSPS) is 41.1. The van der Waals surface area contributed by atoms with Gasteiger partial charge in [0.05, 0.1) is 18.0 Å². The van der Waals surface area contributed by atoms with Crippen molar-refractivity contribution in [1.82, 2.24) is 0 Å². The molecule has 1 aliphatic heterocycles. The summed E-state index contributed by atoms with van der Waals surface area (Å²) in [4.78, 5) is 11.8. The first kappa shape index (κ1) is 17.8. The van der Waals surface area contributed by atoms with Crippen LogP contribution >= 0.6 is 0 Å². The van der Waals surface area contributed by atoms with E-state index < -0.39 is 0 Å². The van der Waals surface area contributed by atoms with Gasteiger partial charge in [0.25, 0.3) is 0 Å². The van der Waals surface area contributed by atoms with Gasteiger partial charge in [0.1, 0.15) is 11.9 Å². The Kier molecular flexibility index (Phi) is 4.11. The molecule has 0 aromatic carbocycles. The van der Waals surface area contributed by atoms with Crippen LogP contribution in [0.15, 0.2) is 16.3 Å². The molecule has 142 valence electrons. The fourth-order valence-corrected chi connectivity index (χ4v) is 5.48. The Morgan fingerprint density at radius 2 is 2.08 bits per heavy atom. The van der Waals surface area contributed by atoms with Crippen molar-refractivity contribution in [2.45, 2.75) is 84.5 Å². The second-order valence-corrected chi connectivity index (χ2v) is 8.99. The molecule has 2 fully saturated rings. The average molecular weight is 358 g/mol. The first-order valence-corrected chi connectivity index (χ1v) is 9.83. The van der Waals surface area contributed by atoms with Crippen molar-refractivity contribution >= 4 is 12.0 Å². The second-order valence-electron chi connectivity index (χ2n) is 8.99. The highest BCUT2D eigenvalue weighted by Gasteiger charge is 2.68. The molecule has 1 aromatic heterocycles. The van der Waals surface area contributed by atoms with Crippen molar-refractivity contribution in [1.29, 1.82) is 0 Å². The highest BCUT2D eigenvalue weighted by atomic mass is 16.6. The van der Waals surface area contributed by atoms with Crippen molar-refractivity contribution in [2.75, 3.05) is 0 Å². The summed E-state index contributed by atoms with van der Waals surface area (Å²) in [7, 11) is 0. The van der Waals surface area contributed by atoms with Crippen LogP contribution in [0.3, 0.4) is 0 Å². The van der Waals surface area contributed by atoms with Gasteiger partial charge in [0, 0.05) is 30.2 Å². The minimum atomic E-state index is -0.187. The lowest BCUT2D eigenvalue weighted by Crippen LogP contribution is -2.53. The predicted molar refractivity (Wildman–Crippen MR) is 99.7 cm³/mol. The summed E-state index contributed by atoms with van der Waals surface area (Å²) in [6.07, 6.45) is 9.06. The monoisotopic (exact) mass is 358 g/mol. The van der Waals surface area contributed by atoms with E-state index in [4.69, 9.17) is 13.9 Å². The van der Waals surface area contributed by atoms with E-state index in [1.165, 1.54) is 23.6 Å². The van der Waals surface area contributed by atoms with Crippen LogP contribution in [0, 0.1) is 18.3 Å². The molecule has 4 nitrogen and oxygen atoms in total. The molecule has 1 saturated carbocycles. The maximum atomic E-state index is 11.8. The molecule has 4 rings (SSSR count). The van der Waals surface area contributed by atoms with Gasteiger partial charge in [-0.1, -0.05) is 12.5 Å². The standard InChI is InChI=1S/C22H30O4/c1-13-7-6-8-21(4)18(10-16-14(2)12-24-17(16)9-13)22(5)20(26-22)11-19(21)25-15(3)23/h9,12,18-20H,6-8,10-11H2,1-5H3/b13-9-/t18-,19+,20+,21-,22-/m1/s1. The Bertz CT molecular complexity index is 760. The van der Waals surface area contributed by atoms with Crippen molar-refractivity contribution in [3.05, 3.63) is 28.7 Å². The Balaban J connectivity index is 1.79. The molecule has 0 spiro atoms. The lowest BCUT2D eigenvalue weighted by molar-refractivity contribution is -0.161. The lowest BCUT2D eigenvalue weighted by atomic mass is 9.57. The van der Waals surface area contributed by atoms with Gasteiger partial charge in [-0.25, -0.2) is 0 Å². The van der Waals surface area contributed by atoms with Crippen LogP contribution in [0.5, 0.6) is 0 Å². The summed E-state index contributed by atoms with van der Waals surface area (Å²) in [5.74, 6) is 1.10. The number of hydrogen-bond donors (Lipinski definition) is 0. The van der Waals surface area contributed by atoms with Gasteiger partial charge < -0.3 is 13.9 Å². The largest absolute Gasteiger partial charge is 0.464 e. The van der Waals surface area contributed by atoms with Crippen LogP contribution in [-0.4, -0.2) is 23.8 Å². The quantitative estimate of drug-likeness (QED) is 0.533. The number of rotatable bonds is 1.